The van der Waals surface area contributed by atoms with E-state index in [-0.39, 0.29) is 48.9 Å². The van der Waals surface area contributed by atoms with Gasteiger partial charge in [-0.3, -0.25) is 19.7 Å². The minimum Gasteiger partial charge on any atom is -0.492 e. The van der Waals surface area contributed by atoms with Crippen molar-refractivity contribution in [3.63, 3.8) is 0 Å². The highest BCUT2D eigenvalue weighted by Crippen LogP contribution is 2.31. The molecule has 2 heterocycles. The van der Waals surface area contributed by atoms with Crippen LogP contribution in [0.2, 0.25) is 0 Å². The molecule has 2 aromatic rings. The summed E-state index contributed by atoms with van der Waals surface area (Å²) < 4.78 is 34.2. The van der Waals surface area contributed by atoms with Crippen LogP contribution in [0.5, 0.6) is 5.75 Å². The average molecular weight is 486 g/mol. The van der Waals surface area contributed by atoms with Crippen molar-refractivity contribution in [2.45, 2.75) is 50.1 Å². The quantitative estimate of drug-likeness (QED) is 0.435. The van der Waals surface area contributed by atoms with Gasteiger partial charge in [0.2, 0.25) is 21.8 Å². The predicted molar refractivity (Wildman–Crippen MR) is 124 cm³/mol. The van der Waals surface area contributed by atoms with Gasteiger partial charge in [-0.1, -0.05) is 32.0 Å². The Bertz CT molecular complexity index is 1220. The fourth-order valence-corrected chi connectivity index (χ4v) is 5.44. The second-order valence-corrected chi connectivity index (χ2v) is 10.4. The van der Waals surface area contributed by atoms with Crippen LogP contribution in [0.15, 0.2) is 47.4 Å². The zero-order chi connectivity index (χ0) is 24.5. The summed E-state index contributed by atoms with van der Waals surface area (Å²) in [5.41, 5.74) is 1.77. The van der Waals surface area contributed by atoms with E-state index in [2.05, 4.69) is 23.9 Å². The lowest BCUT2D eigenvalue weighted by molar-refractivity contribution is -0.136. The number of hydrogen-bond donors (Lipinski definition) is 2. The number of sulfonamides is 1. The summed E-state index contributed by atoms with van der Waals surface area (Å²) >= 11 is 0. The number of imide groups is 1. The van der Waals surface area contributed by atoms with Crippen molar-refractivity contribution in [2.75, 3.05) is 13.2 Å². The molecule has 4 rings (SSSR count). The lowest BCUT2D eigenvalue weighted by atomic mass is 10.0. The third kappa shape index (κ3) is 4.83. The Morgan fingerprint density at radius 3 is 2.53 bits per heavy atom. The largest absolute Gasteiger partial charge is 0.492 e. The first kappa shape index (κ1) is 23.9. The van der Waals surface area contributed by atoms with Crippen molar-refractivity contribution < 1.29 is 27.5 Å². The Balaban J connectivity index is 1.41. The number of carbonyl (C=O) groups is 3. The van der Waals surface area contributed by atoms with Crippen LogP contribution in [-0.4, -0.2) is 50.2 Å². The molecular formula is C24H27N3O6S. The van der Waals surface area contributed by atoms with Crippen LogP contribution >= 0.6 is 0 Å². The molecule has 2 aromatic carbocycles. The molecule has 0 bridgehead atoms. The summed E-state index contributed by atoms with van der Waals surface area (Å²) in [4.78, 5) is 37.9. The van der Waals surface area contributed by atoms with Crippen molar-refractivity contribution in [1.82, 2.24) is 14.9 Å². The van der Waals surface area contributed by atoms with E-state index in [1.165, 1.54) is 22.6 Å². The fraction of sp³-hybridized carbons (Fsp3) is 0.375. The van der Waals surface area contributed by atoms with E-state index in [0.717, 1.165) is 0 Å². The van der Waals surface area contributed by atoms with Gasteiger partial charge in [-0.2, -0.15) is 0 Å². The van der Waals surface area contributed by atoms with Gasteiger partial charge in [-0.25, -0.2) is 13.1 Å². The summed E-state index contributed by atoms with van der Waals surface area (Å²) in [5, 5.41) is 2.24. The summed E-state index contributed by atoms with van der Waals surface area (Å²) in [6.45, 7) is 4.36. The first-order valence-electron chi connectivity index (χ1n) is 11.2. The van der Waals surface area contributed by atoms with E-state index in [0.29, 0.717) is 17.2 Å². The summed E-state index contributed by atoms with van der Waals surface area (Å²) in [5.74, 6) is -0.287. The standard InChI is InChI=1S/C24H27N3O6S/c1-15(2)16-6-8-17(9-7-16)33-13-12-25-34(31,32)21-5-3-4-18-19(21)14-27(24(18)30)20-10-11-22(28)26-23(20)29/h3-9,15,20,25H,10-14H2,1-2H3,(H,26,28,29). The second-order valence-electron chi connectivity index (χ2n) is 8.65. The molecule has 2 aliphatic rings. The molecule has 3 amide bonds. The van der Waals surface area contributed by atoms with E-state index in [9.17, 15) is 22.8 Å². The van der Waals surface area contributed by atoms with Crippen molar-refractivity contribution in [2.24, 2.45) is 0 Å². The summed E-state index contributed by atoms with van der Waals surface area (Å²) in [6.07, 6.45) is 0.337. The van der Waals surface area contributed by atoms with Crippen molar-refractivity contribution in [3.8, 4) is 5.75 Å². The van der Waals surface area contributed by atoms with Crippen LogP contribution in [0.3, 0.4) is 0 Å². The second kappa shape index (κ2) is 9.55. The summed E-state index contributed by atoms with van der Waals surface area (Å²) in [6, 6.07) is 11.3. The first-order chi connectivity index (χ1) is 16.2. The number of ether oxygens (including phenoxy) is 1. The van der Waals surface area contributed by atoms with Gasteiger partial charge in [0, 0.05) is 30.6 Å². The molecule has 1 atom stereocenters. The highest BCUT2D eigenvalue weighted by molar-refractivity contribution is 7.89. The zero-order valence-electron chi connectivity index (χ0n) is 19.0. The Kier molecular flexibility index (Phi) is 6.72. The van der Waals surface area contributed by atoms with Crippen LogP contribution in [0.1, 0.15) is 54.1 Å². The van der Waals surface area contributed by atoms with Crippen molar-refractivity contribution in [1.29, 1.82) is 0 Å². The molecule has 1 fully saturated rings. The maximum absolute atomic E-state index is 13.0. The van der Waals surface area contributed by atoms with Crippen LogP contribution in [-0.2, 0) is 26.2 Å². The van der Waals surface area contributed by atoms with E-state index in [1.54, 1.807) is 6.07 Å². The van der Waals surface area contributed by atoms with Gasteiger partial charge < -0.3 is 9.64 Å². The van der Waals surface area contributed by atoms with E-state index in [1.807, 2.05) is 24.3 Å². The Morgan fingerprint density at radius 2 is 1.85 bits per heavy atom. The van der Waals surface area contributed by atoms with Gasteiger partial charge in [0.1, 0.15) is 18.4 Å². The maximum Gasteiger partial charge on any atom is 0.255 e. The smallest absolute Gasteiger partial charge is 0.255 e. The number of fused-ring (bicyclic) bond motifs is 1. The molecule has 0 saturated carbocycles. The highest BCUT2D eigenvalue weighted by Gasteiger charge is 2.41. The van der Waals surface area contributed by atoms with Gasteiger partial charge in [0.25, 0.3) is 5.91 Å². The molecule has 9 nitrogen and oxygen atoms in total. The molecule has 34 heavy (non-hydrogen) atoms. The number of hydrogen-bond acceptors (Lipinski definition) is 6. The topological polar surface area (TPSA) is 122 Å². The highest BCUT2D eigenvalue weighted by atomic mass is 32.2. The van der Waals surface area contributed by atoms with E-state index < -0.39 is 27.9 Å². The van der Waals surface area contributed by atoms with Crippen LogP contribution in [0.4, 0.5) is 0 Å². The van der Waals surface area contributed by atoms with Crippen LogP contribution in [0, 0.1) is 0 Å². The van der Waals surface area contributed by atoms with Gasteiger partial charge in [0.15, 0.2) is 0 Å². The zero-order valence-corrected chi connectivity index (χ0v) is 19.9. The molecule has 2 N–H and O–H groups in total. The van der Waals surface area contributed by atoms with Crippen LogP contribution < -0.4 is 14.8 Å². The molecule has 180 valence electrons. The molecule has 0 radical (unpaired) electrons. The number of benzene rings is 2. The summed E-state index contributed by atoms with van der Waals surface area (Å²) in [7, 11) is -3.92. The third-order valence-corrected chi connectivity index (χ3v) is 7.58. The molecular weight excluding hydrogens is 458 g/mol. The fourth-order valence-electron chi connectivity index (χ4n) is 4.18. The average Bonchev–Trinajstić information content (AvgIpc) is 3.13. The SMILES string of the molecule is CC(C)c1ccc(OCCNS(=O)(=O)c2cccc3c2CN(C2CCC(=O)NC2=O)C3=O)cc1. The molecule has 0 aliphatic carbocycles. The Labute approximate surface area is 198 Å². The number of carbonyl (C=O) groups excluding carboxylic acids is 3. The monoisotopic (exact) mass is 485 g/mol. The minimum atomic E-state index is -3.92. The first-order valence-corrected chi connectivity index (χ1v) is 12.6. The lowest BCUT2D eigenvalue weighted by Gasteiger charge is -2.29. The lowest BCUT2D eigenvalue weighted by Crippen LogP contribution is -2.52. The third-order valence-electron chi connectivity index (χ3n) is 6.04. The molecule has 0 spiro atoms. The minimum absolute atomic E-state index is 0.00516. The Hall–Kier alpha value is -3.24. The van der Waals surface area contributed by atoms with Crippen molar-refractivity contribution in [3.05, 3.63) is 59.2 Å². The van der Waals surface area contributed by atoms with Gasteiger partial charge in [-0.05, 0) is 42.2 Å². The van der Waals surface area contributed by atoms with Gasteiger partial charge >= 0.3 is 0 Å². The number of rotatable bonds is 8. The molecule has 10 heteroatoms. The van der Waals surface area contributed by atoms with E-state index in [4.69, 9.17) is 4.74 Å². The maximum atomic E-state index is 13.0. The number of nitrogens with one attached hydrogen (secondary N) is 2. The number of piperidine rings is 1. The van der Waals surface area contributed by atoms with E-state index >= 15 is 0 Å². The molecule has 1 unspecified atom stereocenters. The van der Waals surface area contributed by atoms with Gasteiger partial charge in [-0.15, -0.1) is 0 Å². The van der Waals surface area contributed by atoms with Crippen LogP contribution in [0.25, 0.3) is 0 Å². The number of amides is 3. The Morgan fingerprint density at radius 1 is 1.12 bits per heavy atom. The van der Waals surface area contributed by atoms with Crippen molar-refractivity contribution >= 4 is 27.7 Å². The predicted octanol–water partition coefficient (Wildman–Crippen LogP) is 1.93. The molecule has 0 aromatic heterocycles. The molecule has 2 aliphatic heterocycles. The van der Waals surface area contributed by atoms with Gasteiger partial charge in [0.05, 0.1) is 4.90 Å². The molecule has 1 saturated heterocycles. The normalized spacial score (nSPS) is 18.3. The number of nitrogens with zero attached hydrogens (tertiary/aromatic N) is 1.